The maximum atomic E-state index is 12.8. The first-order valence-corrected chi connectivity index (χ1v) is 12.7. The Morgan fingerprint density at radius 2 is 1.50 bits per heavy atom. The monoisotopic (exact) mass is 359 g/mol. The SMILES string of the molecule is Cc1ccc([C@H](N[S@](=O)C(C)(C)C)[Si](C)(C)c2ccccc2)cc1. The molecule has 1 N–H and O–H groups in total. The summed E-state index contributed by atoms with van der Waals surface area (Å²) in [6.45, 7) is 12.8. The van der Waals surface area contributed by atoms with Gasteiger partial charge in [0.1, 0.15) is 8.07 Å². The second kappa shape index (κ2) is 7.34. The summed E-state index contributed by atoms with van der Waals surface area (Å²) < 4.78 is 16.0. The highest BCUT2D eigenvalue weighted by molar-refractivity contribution is 7.84. The molecule has 2 aromatic carbocycles. The largest absolute Gasteiger partial charge is 0.242 e. The third-order valence-corrected chi connectivity index (χ3v) is 9.95. The van der Waals surface area contributed by atoms with Crippen molar-refractivity contribution in [2.45, 2.75) is 51.2 Å². The first kappa shape index (κ1) is 19.1. The number of rotatable bonds is 5. The minimum atomic E-state index is -1.91. The maximum Gasteiger partial charge on any atom is 0.105 e. The molecule has 2 atom stereocenters. The Morgan fingerprint density at radius 1 is 0.958 bits per heavy atom. The van der Waals surface area contributed by atoms with Gasteiger partial charge in [-0.05, 0) is 33.3 Å². The summed E-state index contributed by atoms with van der Waals surface area (Å²) >= 11 is 0. The fourth-order valence-corrected chi connectivity index (χ4v) is 7.32. The van der Waals surface area contributed by atoms with Crippen molar-refractivity contribution in [3.8, 4) is 0 Å². The molecule has 0 aliphatic rings. The van der Waals surface area contributed by atoms with E-state index in [0.29, 0.717) is 0 Å². The van der Waals surface area contributed by atoms with E-state index < -0.39 is 19.1 Å². The lowest BCUT2D eigenvalue weighted by Crippen LogP contribution is -2.54. The summed E-state index contributed by atoms with van der Waals surface area (Å²) in [5, 5.41) is 1.37. The zero-order valence-electron chi connectivity index (χ0n) is 15.6. The van der Waals surface area contributed by atoms with Crippen LogP contribution in [0, 0.1) is 6.92 Å². The summed E-state index contributed by atoms with van der Waals surface area (Å²) in [4.78, 5) is 0. The van der Waals surface area contributed by atoms with Gasteiger partial charge in [0.2, 0.25) is 0 Å². The van der Waals surface area contributed by atoms with Crippen molar-refractivity contribution in [1.82, 2.24) is 4.72 Å². The normalized spacial score (nSPS) is 15.1. The number of hydrogen-bond acceptors (Lipinski definition) is 1. The highest BCUT2D eigenvalue weighted by Gasteiger charge is 2.37. The van der Waals surface area contributed by atoms with Crippen LogP contribution in [-0.2, 0) is 11.0 Å². The van der Waals surface area contributed by atoms with E-state index in [1.807, 2.05) is 20.8 Å². The Kier molecular flexibility index (Phi) is 5.84. The molecule has 2 aromatic rings. The lowest BCUT2D eigenvalue weighted by molar-refractivity contribution is 0.630. The van der Waals surface area contributed by atoms with Gasteiger partial charge in [-0.25, -0.2) is 8.93 Å². The number of aryl methyl sites for hydroxylation is 1. The van der Waals surface area contributed by atoms with Crippen LogP contribution in [0.1, 0.15) is 37.6 Å². The van der Waals surface area contributed by atoms with E-state index >= 15 is 0 Å². The van der Waals surface area contributed by atoms with Crippen LogP contribution in [0.5, 0.6) is 0 Å². The molecule has 2 nitrogen and oxygen atoms in total. The molecular formula is C20H29NOSSi. The summed E-state index contributed by atoms with van der Waals surface area (Å²) in [6, 6.07) is 19.3. The van der Waals surface area contributed by atoms with Crippen LogP contribution in [0.3, 0.4) is 0 Å². The molecule has 0 aromatic heterocycles. The van der Waals surface area contributed by atoms with Crippen LogP contribution in [0.25, 0.3) is 0 Å². The Hall–Kier alpha value is -1.23. The summed E-state index contributed by atoms with van der Waals surface area (Å²) in [5.74, 6) is 0. The van der Waals surface area contributed by atoms with Crippen LogP contribution in [0.15, 0.2) is 54.6 Å². The van der Waals surface area contributed by atoms with Crippen molar-refractivity contribution in [3.63, 3.8) is 0 Å². The zero-order valence-corrected chi connectivity index (χ0v) is 17.4. The first-order chi connectivity index (χ1) is 11.1. The number of nitrogens with one attached hydrogen (secondary N) is 1. The second-order valence-corrected chi connectivity index (χ2v) is 14.5. The molecule has 0 heterocycles. The molecule has 0 saturated carbocycles. The van der Waals surface area contributed by atoms with Gasteiger partial charge in [0.15, 0.2) is 0 Å². The van der Waals surface area contributed by atoms with Crippen molar-refractivity contribution < 1.29 is 4.21 Å². The lowest BCUT2D eigenvalue weighted by Gasteiger charge is -2.35. The van der Waals surface area contributed by atoms with Gasteiger partial charge in [0.05, 0.1) is 15.7 Å². The van der Waals surface area contributed by atoms with Gasteiger partial charge >= 0.3 is 0 Å². The third-order valence-electron chi connectivity index (χ3n) is 4.43. The van der Waals surface area contributed by atoms with Crippen molar-refractivity contribution >= 4 is 24.2 Å². The molecule has 0 fully saturated rings. The predicted octanol–water partition coefficient (Wildman–Crippen LogP) is 4.24. The first-order valence-electron chi connectivity index (χ1n) is 8.42. The van der Waals surface area contributed by atoms with E-state index in [1.54, 1.807) is 0 Å². The van der Waals surface area contributed by atoms with Crippen LogP contribution in [0.4, 0.5) is 0 Å². The zero-order chi connectivity index (χ0) is 18.0. The fourth-order valence-electron chi connectivity index (χ4n) is 2.71. The van der Waals surface area contributed by atoms with E-state index in [-0.39, 0.29) is 10.4 Å². The molecule has 0 saturated heterocycles. The average molecular weight is 360 g/mol. The Labute approximate surface area is 150 Å². The summed E-state index contributed by atoms with van der Waals surface area (Å²) in [5.41, 5.74) is 2.56. The van der Waals surface area contributed by atoms with Crippen molar-refractivity contribution in [1.29, 1.82) is 0 Å². The summed E-state index contributed by atoms with van der Waals surface area (Å²) in [7, 11) is -3.02. The Bertz CT molecular complexity index is 690. The predicted molar refractivity (Wildman–Crippen MR) is 109 cm³/mol. The highest BCUT2D eigenvalue weighted by atomic mass is 32.2. The van der Waals surface area contributed by atoms with Gasteiger partial charge in [-0.3, -0.25) is 0 Å². The van der Waals surface area contributed by atoms with Crippen molar-refractivity contribution in [2.75, 3.05) is 0 Å². The van der Waals surface area contributed by atoms with Crippen LogP contribution in [-0.4, -0.2) is 17.0 Å². The minimum Gasteiger partial charge on any atom is -0.242 e. The average Bonchev–Trinajstić information content (AvgIpc) is 2.53. The quantitative estimate of drug-likeness (QED) is 0.795. The van der Waals surface area contributed by atoms with Gasteiger partial charge in [-0.1, -0.05) is 78.4 Å². The molecule has 0 amide bonds. The second-order valence-electron chi connectivity index (χ2n) is 7.93. The van der Waals surface area contributed by atoms with Gasteiger partial charge in [-0.2, -0.15) is 0 Å². The molecule has 0 spiro atoms. The molecule has 4 heteroatoms. The van der Waals surface area contributed by atoms with Gasteiger partial charge in [0, 0.05) is 5.67 Å². The molecule has 0 bridgehead atoms. The lowest BCUT2D eigenvalue weighted by atomic mass is 10.1. The molecule has 0 unspecified atom stereocenters. The Balaban J connectivity index is 2.46. The van der Waals surface area contributed by atoms with Crippen molar-refractivity contribution in [2.24, 2.45) is 0 Å². The van der Waals surface area contributed by atoms with E-state index in [2.05, 4.69) is 79.3 Å². The molecule has 0 aliphatic carbocycles. The highest BCUT2D eigenvalue weighted by Crippen LogP contribution is 2.27. The van der Waals surface area contributed by atoms with E-state index in [4.69, 9.17) is 0 Å². The van der Waals surface area contributed by atoms with E-state index in [9.17, 15) is 4.21 Å². The van der Waals surface area contributed by atoms with Gasteiger partial charge in [-0.15, -0.1) is 0 Å². The molecule has 24 heavy (non-hydrogen) atoms. The molecule has 2 rings (SSSR count). The Morgan fingerprint density at radius 3 is 2.00 bits per heavy atom. The standard InChI is InChI=1S/C20H29NOSSi/c1-16-12-14-17(15-13-16)19(21-23(22)20(2,3)4)24(5,6)18-10-8-7-9-11-18/h7-15,19,21H,1-6H3/t19-,23-/m1/s1. The van der Waals surface area contributed by atoms with Crippen molar-refractivity contribution in [3.05, 3.63) is 65.7 Å². The summed E-state index contributed by atoms with van der Waals surface area (Å²) in [6.07, 6.45) is 0. The van der Waals surface area contributed by atoms with Gasteiger partial charge < -0.3 is 0 Å². The topological polar surface area (TPSA) is 29.1 Å². The minimum absolute atomic E-state index is 0.0977. The van der Waals surface area contributed by atoms with E-state index in [1.165, 1.54) is 16.3 Å². The fraction of sp³-hybridized carbons (Fsp3) is 0.400. The molecule has 130 valence electrons. The molecule has 0 aliphatic heterocycles. The van der Waals surface area contributed by atoms with Crippen LogP contribution >= 0.6 is 0 Å². The number of benzene rings is 2. The van der Waals surface area contributed by atoms with Crippen LogP contribution < -0.4 is 9.91 Å². The molecule has 0 radical (unpaired) electrons. The number of hydrogen-bond donors (Lipinski definition) is 1. The van der Waals surface area contributed by atoms with Crippen LogP contribution in [0.2, 0.25) is 13.1 Å². The van der Waals surface area contributed by atoms with Gasteiger partial charge in [0.25, 0.3) is 0 Å². The maximum absolute atomic E-state index is 12.8. The smallest absolute Gasteiger partial charge is 0.105 e. The van der Waals surface area contributed by atoms with E-state index in [0.717, 1.165) is 0 Å². The molecular weight excluding hydrogens is 330 g/mol. The third kappa shape index (κ3) is 4.44.